The van der Waals surface area contributed by atoms with Crippen molar-refractivity contribution >= 4 is 11.8 Å². The number of ether oxygens (including phenoxy) is 1. The lowest BCUT2D eigenvalue weighted by Gasteiger charge is -2.14. The van der Waals surface area contributed by atoms with E-state index in [9.17, 15) is 9.59 Å². The van der Waals surface area contributed by atoms with Crippen LogP contribution >= 0.6 is 0 Å². The smallest absolute Gasteiger partial charge is 0.261 e. The van der Waals surface area contributed by atoms with Crippen LogP contribution in [0.15, 0.2) is 48.5 Å². The van der Waals surface area contributed by atoms with Gasteiger partial charge in [-0.05, 0) is 29.7 Å². The Balaban J connectivity index is 1.52. The summed E-state index contributed by atoms with van der Waals surface area (Å²) in [6, 6.07) is 14.9. The summed E-state index contributed by atoms with van der Waals surface area (Å²) < 4.78 is 5.70. The van der Waals surface area contributed by atoms with Crippen LogP contribution in [-0.2, 0) is 17.9 Å². The highest BCUT2D eigenvalue weighted by Crippen LogP contribution is 2.24. The first-order valence-corrected chi connectivity index (χ1v) is 9.31. The van der Waals surface area contributed by atoms with Gasteiger partial charge in [-0.1, -0.05) is 62.6 Å². The quantitative estimate of drug-likeness (QED) is 0.491. The van der Waals surface area contributed by atoms with Crippen LogP contribution in [0.4, 0.5) is 0 Å². The number of hydrogen-bond acceptors (Lipinski definition) is 3. The molecule has 0 radical (unpaired) electrons. The molecule has 136 valence electrons. The van der Waals surface area contributed by atoms with Crippen LogP contribution < -0.4 is 0 Å². The summed E-state index contributed by atoms with van der Waals surface area (Å²) in [5.74, 6) is -0.435. The fourth-order valence-electron chi connectivity index (χ4n) is 3.13. The number of hydrogen-bond donors (Lipinski definition) is 0. The lowest BCUT2D eigenvalue weighted by atomic mass is 10.1. The van der Waals surface area contributed by atoms with Gasteiger partial charge in [0.1, 0.15) is 0 Å². The normalized spacial score (nSPS) is 13.3. The number of benzene rings is 2. The summed E-state index contributed by atoms with van der Waals surface area (Å²) in [6.45, 7) is 3.88. The van der Waals surface area contributed by atoms with Crippen molar-refractivity contribution in [2.24, 2.45) is 0 Å². The van der Waals surface area contributed by atoms with E-state index < -0.39 is 0 Å². The number of carbonyl (C=O) groups excluding carboxylic acids is 2. The van der Waals surface area contributed by atoms with E-state index in [4.69, 9.17) is 4.74 Å². The average molecular weight is 351 g/mol. The average Bonchev–Trinajstić information content (AvgIpc) is 2.91. The predicted molar refractivity (Wildman–Crippen MR) is 101 cm³/mol. The van der Waals surface area contributed by atoms with Crippen molar-refractivity contribution in [3.63, 3.8) is 0 Å². The molecule has 1 heterocycles. The van der Waals surface area contributed by atoms with Crippen molar-refractivity contribution in [3.05, 3.63) is 70.8 Å². The maximum absolute atomic E-state index is 12.4. The molecule has 4 heteroatoms. The molecule has 0 saturated heterocycles. The number of amides is 2. The van der Waals surface area contributed by atoms with Gasteiger partial charge in [0, 0.05) is 6.61 Å². The maximum atomic E-state index is 12.4. The van der Waals surface area contributed by atoms with E-state index in [2.05, 4.69) is 6.92 Å². The summed E-state index contributed by atoms with van der Waals surface area (Å²) >= 11 is 0. The third-order valence-corrected chi connectivity index (χ3v) is 4.65. The van der Waals surface area contributed by atoms with Gasteiger partial charge >= 0.3 is 0 Å². The van der Waals surface area contributed by atoms with Crippen LogP contribution in [-0.4, -0.2) is 23.3 Å². The number of unbranched alkanes of at least 4 members (excludes halogenated alkanes) is 3. The molecule has 0 bridgehead atoms. The molecule has 2 amide bonds. The maximum Gasteiger partial charge on any atom is 0.261 e. The molecule has 0 aliphatic carbocycles. The van der Waals surface area contributed by atoms with Gasteiger partial charge in [0.2, 0.25) is 0 Å². The zero-order valence-corrected chi connectivity index (χ0v) is 15.2. The van der Waals surface area contributed by atoms with E-state index in [1.165, 1.54) is 24.2 Å². The Hall–Kier alpha value is -2.46. The fraction of sp³-hybridized carbons (Fsp3) is 0.364. The molecule has 0 fully saturated rings. The van der Waals surface area contributed by atoms with Gasteiger partial charge in [0.05, 0.1) is 24.3 Å². The van der Waals surface area contributed by atoms with E-state index in [0.717, 1.165) is 24.2 Å². The number of fused-ring (bicyclic) bond motifs is 1. The third kappa shape index (κ3) is 4.20. The van der Waals surface area contributed by atoms with Crippen LogP contribution in [0.1, 0.15) is 64.4 Å². The van der Waals surface area contributed by atoms with Gasteiger partial charge in [-0.2, -0.15) is 0 Å². The summed E-state index contributed by atoms with van der Waals surface area (Å²) in [6.07, 6.45) is 4.81. The van der Waals surface area contributed by atoms with Crippen LogP contribution in [0.3, 0.4) is 0 Å². The molecular formula is C22H25NO3. The van der Waals surface area contributed by atoms with Gasteiger partial charge < -0.3 is 4.74 Å². The van der Waals surface area contributed by atoms with Crippen LogP contribution in [0, 0.1) is 0 Å². The van der Waals surface area contributed by atoms with Crippen molar-refractivity contribution in [3.8, 4) is 0 Å². The summed E-state index contributed by atoms with van der Waals surface area (Å²) in [5, 5.41) is 0. The molecule has 0 N–H and O–H groups in total. The monoisotopic (exact) mass is 351 g/mol. The van der Waals surface area contributed by atoms with Gasteiger partial charge in [0.15, 0.2) is 0 Å². The fourth-order valence-corrected chi connectivity index (χ4v) is 3.13. The second kappa shape index (κ2) is 8.77. The van der Waals surface area contributed by atoms with Crippen molar-refractivity contribution in [2.75, 3.05) is 6.61 Å². The molecule has 26 heavy (non-hydrogen) atoms. The Bertz CT molecular complexity index is 732. The topological polar surface area (TPSA) is 46.6 Å². The van der Waals surface area contributed by atoms with Crippen molar-refractivity contribution in [1.29, 1.82) is 0 Å². The van der Waals surface area contributed by atoms with Gasteiger partial charge in [-0.3, -0.25) is 14.5 Å². The number of nitrogens with zero attached hydrogens (tertiary/aromatic N) is 1. The highest BCUT2D eigenvalue weighted by atomic mass is 16.5. The van der Waals surface area contributed by atoms with Crippen molar-refractivity contribution < 1.29 is 14.3 Å². The molecule has 0 saturated carbocycles. The zero-order chi connectivity index (χ0) is 18.4. The molecule has 4 nitrogen and oxygen atoms in total. The minimum Gasteiger partial charge on any atom is -0.377 e. The second-order valence-electron chi connectivity index (χ2n) is 6.67. The molecule has 0 spiro atoms. The molecule has 0 unspecified atom stereocenters. The minimum atomic E-state index is -0.218. The highest BCUT2D eigenvalue weighted by molar-refractivity contribution is 6.21. The summed E-state index contributed by atoms with van der Waals surface area (Å²) in [7, 11) is 0. The Labute approximate surface area is 154 Å². The highest BCUT2D eigenvalue weighted by Gasteiger charge is 2.34. The van der Waals surface area contributed by atoms with E-state index in [1.807, 2.05) is 24.3 Å². The van der Waals surface area contributed by atoms with E-state index in [1.54, 1.807) is 24.3 Å². The number of carbonyl (C=O) groups is 2. The summed E-state index contributed by atoms with van der Waals surface area (Å²) in [5.41, 5.74) is 3.02. The van der Waals surface area contributed by atoms with Crippen LogP contribution in [0.25, 0.3) is 0 Å². The van der Waals surface area contributed by atoms with Gasteiger partial charge in [-0.25, -0.2) is 0 Å². The molecule has 3 rings (SSSR count). The van der Waals surface area contributed by atoms with Crippen molar-refractivity contribution in [2.45, 2.75) is 45.8 Å². The Morgan fingerprint density at radius 1 is 0.808 bits per heavy atom. The number of rotatable bonds is 9. The van der Waals surface area contributed by atoms with Crippen LogP contribution in [0.5, 0.6) is 0 Å². The first-order valence-electron chi connectivity index (χ1n) is 9.31. The molecular weight excluding hydrogens is 326 g/mol. The third-order valence-electron chi connectivity index (χ3n) is 4.65. The van der Waals surface area contributed by atoms with E-state index in [-0.39, 0.29) is 11.8 Å². The minimum absolute atomic E-state index is 0.218. The molecule has 2 aromatic carbocycles. The lowest BCUT2D eigenvalue weighted by Crippen LogP contribution is -2.29. The first-order chi connectivity index (χ1) is 12.7. The number of imide groups is 1. The first kappa shape index (κ1) is 18.3. The van der Waals surface area contributed by atoms with Gasteiger partial charge in [0.25, 0.3) is 11.8 Å². The van der Waals surface area contributed by atoms with Crippen molar-refractivity contribution in [1.82, 2.24) is 4.90 Å². The standard InChI is InChI=1S/C22H25NO3/c1-2-3-4-7-14-26-16-18-12-10-17(11-13-18)15-23-21(24)19-8-5-6-9-20(19)22(23)25/h5-6,8-13H,2-4,7,14-16H2,1H3. The SMILES string of the molecule is CCCCCCOCc1ccc(CN2C(=O)c3ccccc3C2=O)cc1. The van der Waals surface area contributed by atoms with Gasteiger partial charge in [-0.15, -0.1) is 0 Å². The second-order valence-corrected chi connectivity index (χ2v) is 6.67. The molecule has 1 aliphatic rings. The Kier molecular flexibility index (Phi) is 6.18. The summed E-state index contributed by atoms with van der Waals surface area (Å²) in [4.78, 5) is 26.1. The lowest BCUT2D eigenvalue weighted by molar-refractivity contribution is 0.0642. The Morgan fingerprint density at radius 3 is 2.04 bits per heavy atom. The van der Waals surface area contributed by atoms with E-state index in [0.29, 0.717) is 24.3 Å². The molecule has 0 atom stereocenters. The predicted octanol–water partition coefficient (Wildman–Crippen LogP) is 4.58. The largest absolute Gasteiger partial charge is 0.377 e. The van der Waals surface area contributed by atoms with Crippen LogP contribution in [0.2, 0.25) is 0 Å². The molecule has 2 aromatic rings. The molecule has 0 aromatic heterocycles. The Morgan fingerprint density at radius 2 is 1.42 bits per heavy atom. The molecule has 1 aliphatic heterocycles. The van der Waals surface area contributed by atoms with E-state index >= 15 is 0 Å². The zero-order valence-electron chi connectivity index (χ0n) is 15.2.